The SMILES string of the molecule is OC1CCCC(C2CCCC(O)C2)C1. The lowest BCUT2D eigenvalue weighted by atomic mass is 9.72. The molecule has 0 aliphatic heterocycles. The number of hydrogen-bond donors (Lipinski definition) is 2. The van der Waals surface area contributed by atoms with Gasteiger partial charge in [0.05, 0.1) is 12.2 Å². The molecular weight excluding hydrogens is 176 g/mol. The van der Waals surface area contributed by atoms with Crippen LogP contribution in [0.3, 0.4) is 0 Å². The number of aliphatic hydroxyl groups is 2. The number of hydrogen-bond acceptors (Lipinski definition) is 2. The average Bonchev–Trinajstić information content (AvgIpc) is 2.18. The van der Waals surface area contributed by atoms with E-state index in [1.54, 1.807) is 0 Å². The molecule has 2 aliphatic carbocycles. The minimum atomic E-state index is -0.0622. The molecule has 2 nitrogen and oxygen atoms in total. The fraction of sp³-hybridized carbons (Fsp3) is 1.00. The van der Waals surface area contributed by atoms with Crippen LogP contribution in [-0.4, -0.2) is 22.4 Å². The minimum absolute atomic E-state index is 0.0622. The largest absolute Gasteiger partial charge is 0.393 e. The Bertz CT molecular complexity index is 161. The third-order valence-corrected chi connectivity index (χ3v) is 4.04. The second-order valence-corrected chi connectivity index (χ2v) is 5.16. The Morgan fingerprint density at radius 2 is 1.07 bits per heavy atom. The molecule has 4 atom stereocenters. The van der Waals surface area contributed by atoms with Crippen LogP contribution in [0.25, 0.3) is 0 Å². The minimum Gasteiger partial charge on any atom is -0.393 e. The molecule has 2 heteroatoms. The normalized spacial score (nSPS) is 45.0. The van der Waals surface area contributed by atoms with Gasteiger partial charge in [-0.15, -0.1) is 0 Å². The Balaban J connectivity index is 1.86. The second kappa shape index (κ2) is 4.63. The lowest BCUT2D eigenvalue weighted by Gasteiger charge is -2.36. The summed E-state index contributed by atoms with van der Waals surface area (Å²) in [4.78, 5) is 0. The van der Waals surface area contributed by atoms with Crippen LogP contribution in [0.1, 0.15) is 51.4 Å². The quantitative estimate of drug-likeness (QED) is 0.677. The predicted octanol–water partition coefficient (Wildman–Crippen LogP) is 2.09. The molecule has 0 saturated heterocycles. The summed E-state index contributed by atoms with van der Waals surface area (Å²) in [6.07, 6.45) is 8.73. The maximum absolute atomic E-state index is 9.61. The molecule has 2 rings (SSSR count). The van der Waals surface area contributed by atoms with Gasteiger partial charge in [-0.3, -0.25) is 0 Å². The molecular formula is C12H22O2. The van der Waals surface area contributed by atoms with E-state index in [9.17, 15) is 10.2 Å². The van der Waals surface area contributed by atoms with Gasteiger partial charge in [-0.1, -0.05) is 12.8 Å². The summed E-state index contributed by atoms with van der Waals surface area (Å²) in [5.74, 6) is 1.38. The van der Waals surface area contributed by atoms with Crippen molar-refractivity contribution in [1.29, 1.82) is 0 Å². The summed E-state index contributed by atoms with van der Waals surface area (Å²) in [5.41, 5.74) is 0. The van der Waals surface area contributed by atoms with Gasteiger partial charge in [-0.25, -0.2) is 0 Å². The topological polar surface area (TPSA) is 40.5 Å². The highest BCUT2D eigenvalue weighted by Crippen LogP contribution is 2.38. The van der Waals surface area contributed by atoms with Crippen LogP contribution in [-0.2, 0) is 0 Å². The molecule has 0 aromatic carbocycles. The van der Waals surface area contributed by atoms with Gasteiger partial charge in [-0.2, -0.15) is 0 Å². The zero-order chi connectivity index (χ0) is 9.97. The molecule has 0 radical (unpaired) electrons. The molecule has 0 spiro atoms. The number of rotatable bonds is 1. The molecule has 2 N–H and O–H groups in total. The summed E-state index contributed by atoms with van der Waals surface area (Å²) < 4.78 is 0. The van der Waals surface area contributed by atoms with Crippen molar-refractivity contribution in [2.45, 2.75) is 63.6 Å². The van der Waals surface area contributed by atoms with E-state index in [0.29, 0.717) is 11.8 Å². The summed E-state index contributed by atoms with van der Waals surface area (Å²) in [7, 11) is 0. The van der Waals surface area contributed by atoms with Gasteiger partial charge < -0.3 is 10.2 Å². The Morgan fingerprint density at radius 3 is 1.43 bits per heavy atom. The van der Waals surface area contributed by atoms with E-state index in [1.807, 2.05) is 0 Å². The third kappa shape index (κ3) is 2.48. The van der Waals surface area contributed by atoms with E-state index in [1.165, 1.54) is 25.7 Å². The maximum atomic E-state index is 9.61. The van der Waals surface area contributed by atoms with Gasteiger partial charge in [-0.05, 0) is 50.4 Å². The standard InChI is InChI=1S/C12H22O2/c13-11-5-1-3-9(7-11)10-4-2-6-12(14)8-10/h9-14H,1-8H2. The highest BCUT2D eigenvalue weighted by atomic mass is 16.3. The molecule has 0 bridgehead atoms. The van der Waals surface area contributed by atoms with E-state index in [-0.39, 0.29) is 12.2 Å². The molecule has 0 aromatic rings. The highest BCUT2D eigenvalue weighted by Gasteiger charge is 2.30. The van der Waals surface area contributed by atoms with Gasteiger partial charge >= 0.3 is 0 Å². The summed E-state index contributed by atoms with van der Waals surface area (Å²) in [6.45, 7) is 0. The zero-order valence-corrected chi connectivity index (χ0v) is 8.86. The van der Waals surface area contributed by atoms with Crippen molar-refractivity contribution in [3.8, 4) is 0 Å². The van der Waals surface area contributed by atoms with Crippen molar-refractivity contribution in [2.24, 2.45) is 11.8 Å². The van der Waals surface area contributed by atoms with E-state index in [0.717, 1.165) is 25.7 Å². The number of aliphatic hydroxyl groups excluding tert-OH is 2. The molecule has 2 fully saturated rings. The first kappa shape index (κ1) is 10.4. The van der Waals surface area contributed by atoms with Crippen molar-refractivity contribution in [2.75, 3.05) is 0 Å². The Labute approximate surface area is 86.3 Å². The van der Waals surface area contributed by atoms with E-state index >= 15 is 0 Å². The average molecular weight is 198 g/mol. The van der Waals surface area contributed by atoms with Crippen molar-refractivity contribution in [3.63, 3.8) is 0 Å². The summed E-state index contributed by atoms with van der Waals surface area (Å²) >= 11 is 0. The molecule has 2 saturated carbocycles. The van der Waals surface area contributed by atoms with Gasteiger partial charge in [0.15, 0.2) is 0 Å². The van der Waals surface area contributed by atoms with Crippen molar-refractivity contribution < 1.29 is 10.2 Å². The first-order valence-corrected chi connectivity index (χ1v) is 6.12. The van der Waals surface area contributed by atoms with Gasteiger partial charge in [0.2, 0.25) is 0 Å². The van der Waals surface area contributed by atoms with Crippen LogP contribution in [0.2, 0.25) is 0 Å². The summed E-state index contributed by atoms with van der Waals surface area (Å²) in [6, 6.07) is 0. The summed E-state index contributed by atoms with van der Waals surface area (Å²) in [5, 5.41) is 19.2. The second-order valence-electron chi connectivity index (χ2n) is 5.16. The predicted molar refractivity (Wildman–Crippen MR) is 55.9 cm³/mol. The van der Waals surface area contributed by atoms with Gasteiger partial charge in [0.1, 0.15) is 0 Å². The lowest BCUT2D eigenvalue weighted by molar-refractivity contribution is 0.0357. The van der Waals surface area contributed by atoms with Crippen molar-refractivity contribution >= 4 is 0 Å². The monoisotopic (exact) mass is 198 g/mol. The van der Waals surface area contributed by atoms with E-state index < -0.39 is 0 Å². The Morgan fingerprint density at radius 1 is 0.643 bits per heavy atom. The molecule has 0 amide bonds. The van der Waals surface area contributed by atoms with Crippen LogP contribution < -0.4 is 0 Å². The highest BCUT2D eigenvalue weighted by molar-refractivity contribution is 4.82. The fourth-order valence-corrected chi connectivity index (χ4v) is 3.26. The van der Waals surface area contributed by atoms with Crippen LogP contribution in [0.5, 0.6) is 0 Å². The van der Waals surface area contributed by atoms with Crippen molar-refractivity contribution in [3.05, 3.63) is 0 Å². The fourth-order valence-electron chi connectivity index (χ4n) is 3.26. The van der Waals surface area contributed by atoms with Crippen LogP contribution in [0, 0.1) is 11.8 Å². The molecule has 14 heavy (non-hydrogen) atoms. The van der Waals surface area contributed by atoms with E-state index in [4.69, 9.17) is 0 Å². The van der Waals surface area contributed by atoms with Crippen LogP contribution >= 0.6 is 0 Å². The van der Waals surface area contributed by atoms with E-state index in [2.05, 4.69) is 0 Å². The molecule has 4 unspecified atom stereocenters. The third-order valence-electron chi connectivity index (χ3n) is 4.04. The smallest absolute Gasteiger partial charge is 0.0543 e. The molecule has 0 aromatic heterocycles. The van der Waals surface area contributed by atoms with Crippen molar-refractivity contribution in [1.82, 2.24) is 0 Å². The van der Waals surface area contributed by atoms with Crippen LogP contribution in [0.15, 0.2) is 0 Å². The molecule has 82 valence electrons. The maximum Gasteiger partial charge on any atom is 0.0543 e. The lowest BCUT2D eigenvalue weighted by Crippen LogP contribution is -2.30. The van der Waals surface area contributed by atoms with Crippen LogP contribution in [0.4, 0.5) is 0 Å². The molecule has 0 heterocycles. The molecule has 2 aliphatic rings. The first-order chi connectivity index (χ1) is 6.75. The zero-order valence-electron chi connectivity index (χ0n) is 8.86. The Kier molecular flexibility index (Phi) is 3.45. The first-order valence-electron chi connectivity index (χ1n) is 6.12. The Hall–Kier alpha value is -0.0800. The van der Waals surface area contributed by atoms with Gasteiger partial charge in [0.25, 0.3) is 0 Å². The van der Waals surface area contributed by atoms with Gasteiger partial charge in [0, 0.05) is 0 Å².